The van der Waals surface area contributed by atoms with Crippen LogP contribution < -0.4 is 5.01 Å². The molecule has 0 amide bonds. The summed E-state index contributed by atoms with van der Waals surface area (Å²) in [5, 5.41) is 11.3. The first-order valence-corrected chi connectivity index (χ1v) is 6.64. The molecule has 5 nitrogen and oxygen atoms in total. The van der Waals surface area contributed by atoms with Crippen LogP contribution in [0.5, 0.6) is 0 Å². The zero-order chi connectivity index (χ0) is 13.4. The van der Waals surface area contributed by atoms with Crippen LogP contribution in [0.15, 0.2) is 18.2 Å². The summed E-state index contributed by atoms with van der Waals surface area (Å²) >= 11 is 0. The molecule has 2 aromatic rings. The van der Waals surface area contributed by atoms with Gasteiger partial charge in [0.1, 0.15) is 5.82 Å². The summed E-state index contributed by atoms with van der Waals surface area (Å²) in [4.78, 5) is 15.5. The van der Waals surface area contributed by atoms with E-state index >= 15 is 0 Å². The molecule has 1 aromatic heterocycles. The number of fused-ring (bicyclic) bond motifs is 1. The van der Waals surface area contributed by atoms with Crippen LogP contribution in [0.1, 0.15) is 35.4 Å². The van der Waals surface area contributed by atoms with E-state index in [4.69, 9.17) is 5.11 Å². The summed E-state index contributed by atoms with van der Waals surface area (Å²) in [5.41, 5.74) is 2.03. The Labute approximate surface area is 111 Å². The Morgan fingerprint density at radius 2 is 2.00 bits per heavy atom. The number of aryl methyl sites for hydroxylation is 1. The fourth-order valence-electron chi connectivity index (χ4n) is 2.76. The highest BCUT2D eigenvalue weighted by molar-refractivity contribution is 5.92. The van der Waals surface area contributed by atoms with Crippen LogP contribution in [-0.4, -0.2) is 33.8 Å². The Morgan fingerprint density at radius 3 is 2.68 bits per heavy atom. The zero-order valence-electron chi connectivity index (χ0n) is 11.0. The highest BCUT2D eigenvalue weighted by Gasteiger charge is 2.17. The predicted octanol–water partition coefficient (Wildman–Crippen LogP) is 2.16. The largest absolute Gasteiger partial charge is 0.478 e. The fourth-order valence-corrected chi connectivity index (χ4v) is 2.76. The molecule has 1 aromatic carbocycles. The van der Waals surface area contributed by atoms with Crippen molar-refractivity contribution in [3.8, 4) is 0 Å². The molecule has 1 saturated heterocycles. The van der Waals surface area contributed by atoms with E-state index in [0.29, 0.717) is 0 Å². The van der Waals surface area contributed by atoms with Gasteiger partial charge in [0.25, 0.3) is 0 Å². The van der Waals surface area contributed by atoms with Crippen LogP contribution in [0.4, 0.5) is 0 Å². The van der Waals surface area contributed by atoms with Crippen molar-refractivity contribution < 1.29 is 9.90 Å². The number of piperidine rings is 1. The quantitative estimate of drug-likeness (QED) is 0.898. The molecule has 100 valence electrons. The van der Waals surface area contributed by atoms with Crippen LogP contribution in [0.25, 0.3) is 11.0 Å². The van der Waals surface area contributed by atoms with E-state index < -0.39 is 5.97 Å². The highest BCUT2D eigenvalue weighted by Crippen LogP contribution is 2.20. The summed E-state index contributed by atoms with van der Waals surface area (Å²) < 4.78 is 2.13. The number of benzene rings is 1. The van der Waals surface area contributed by atoms with Crippen molar-refractivity contribution in [2.24, 2.45) is 0 Å². The minimum atomic E-state index is -0.910. The van der Waals surface area contributed by atoms with Gasteiger partial charge in [0.2, 0.25) is 0 Å². The molecule has 1 aliphatic rings. The Balaban J connectivity index is 2.09. The second-order valence-corrected chi connectivity index (χ2v) is 4.99. The van der Waals surface area contributed by atoms with E-state index in [2.05, 4.69) is 14.7 Å². The van der Waals surface area contributed by atoms with Gasteiger partial charge in [-0.25, -0.2) is 14.5 Å². The SMILES string of the molecule is Cc1nc2cc(C(=O)O)ccc2n1N1CCCCC1. The molecule has 5 heteroatoms. The molecule has 1 fully saturated rings. The zero-order valence-corrected chi connectivity index (χ0v) is 11.0. The van der Waals surface area contributed by atoms with Crippen molar-refractivity contribution >= 4 is 17.0 Å². The summed E-state index contributed by atoms with van der Waals surface area (Å²) in [6.45, 7) is 4.04. The van der Waals surface area contributed by atoms with Crippen molar-refractivity contribution in [3.63, 3.8) is 0 Å². The normalized spacial score (nSPS) is 15.9. The standard InChI is InChI=1S/C14H17N3O2/c1-10-15-12-9-11(14(18)19)5-6-13(12)17(10)16-7-3-2-4-8-16/h5-6,9H,2-4,7-8H2,1H3,(H,18,19). The summed E-state index contributed by atoms with van der Waals surface area (Å²) in [5.74, 6) is 0.00603. The lowest BCUT2D eigenvalue weighted by atomic mass is 10.1. The van der Waals surface area contributed by atoms with Gasteiger partial charge in [0, 0.05) is 13.1 Å². The summed E-state index contributed by atoms with van der Waals surface area (Å²) in [7, 11) is 0. The van der Waals surface area contributed by atoms with Crippen LogP contribution in [0.3, 0.4) is 0 Å². The van der Waals surface area contributed by atoms with Crippen LogP contribution in [0.2, 0.25) is 0 Å². The van der Waals surface area contributed by atoms with Crippen LogP contribution >= 0.6 is 0 Å². The average Bonchev–Trinajstić information content (AvgIpc) is 2.74. The lowest BCUT2D eigenvalue weighted by molar-refractivity contribution is 0.0697. The Kier molecular flexibility index (Phi) is 2.89. The molecule has 0 spiro atoms. The first kappa shape index (κ1) is 12.0. The summed E-state index contributed by atoms with van der Waals surface area (Å²) in [6.07, 6.45) is 3.68. The third-order valence-electron chi connectivity index (χ3n) is 3.65. The van der Waals surface area contributed by atoms with Gasteiger partial charge in [0.15, 0.2) is 0 Å². The molecule has 0 atom stereocenters. The third-order valence-corrected chi connectivity index (χ3v) is 3.65. The van der Waals surface area contributed by atoms with E-state index in [1.807, 2.05) is 13.0 Å². The molecule has 0 bridgehead atoms. The molecule has 3 rings (SSSR count). The van der Waals surface area contributed by atoms with Gasteiger partial charge in [-0.2, -0.15) is 0 Å². The van der Waals surface area contributed by atoms with Gasteiger partial charge in [-0.05, 0) is 44.4 Å². The monoisotopic (exact) mass is 259 g/mol. The number of rotatable bonds is 2. The lowest BCUT2D eigenvalue weighted by Crippen LogP contribution is -2.39. The molecule has 19 heavy (non-hydrogen) atoms. The van der Waals surface area contributed by atoms with E-state index in [0.717, 1.165) is 29.9 Å². The number of aromatic carboxylic acids is 1. The Bertz CT molecular complexity index is 627. The number of carbonyl (C=O) groups is 1. The lowest BCUT2D eigenvalue weighted by Gasteiger charge is -2.30. The van der Waals surface area contributed by atoms with E-state index in [1.54, 1.807) is 12.1 Å². The molecule has 0 radical (unpaired) electrons. The topological polar surface area (TPSA) is 58.4 Å². The number of aromatic nitrogens is 2. The molecule has 0 saturated carbocycles. The van der Waals surface area contributed by atoms with Crippen LogP contribution in [-0.2, 0) is 0 Å². The first-order chi connectivity index (χ1) is 9.16. The molecule has 0 aliphatic carbocycles. The van der Waals surface area contributed by atoms with E-state index in [1.165, 1.54) is 19.3 Å². The summed E-state index contributed by atoms with van der Waals surface area (Å²) in [6, 6.07) is 5.14. The Hall–Kier alpha value is -2.04. The van der Waals surface area contributed by atoms with Crippen molar-refractivity contribution in [1.82, 2.24) is 9.66 Å². The highest BCUT2D eigenvalue weighted by atomic mass is 16.4. The number of imidazole rings is 1. The van der Waals surface area contributed by atoms with Gasteiger partial charge in [0.05, 0.1) is 16.6 Å². The number of hydrogen-bond donors (Lipinski definition) is 1. The fraction of sp³-hybridized carbons (Fsp3) is 0.429. The van der Waals surface area contributed by atoms with Crippen molar-refractivity contribution in [2.75, 3.05) is 18.1 Å². The van der Waals surface area contributed by atoms with Gasteiger partial charge < -0.3 is 10.1 Å². The van der Waals surface area contributed by atoms with Gasteiger partial charge in [-0.1, -0.05) is 0 Å². The number of hydrogen-bond acceptors (Lipinski definition) is 3. The number of nitrogens with zero attached hydrogens (tertiary/aromatic N) is 3. The van der Waals surface area contributed by atoms with Gasteiger partial charge in [-0.3, -0.25) is 0 Å². The molecular formula is C14H17N3O2. The molecule has 1 N–H and O–H groups in total. The second-order valence-electron chi connectivity index (χ2n) is 4.99. The molecule has 2 heterocycles. The third kappa shape index (κ3) is 2.05. The smallest absolute Gasteiger partial charge is 0.335 e. The van der Waals surface area contributed by atoms with Gasteiger partial charge in [-0.15, -0.1) is 0 Å². The van der Waals surface area contributed by atoms with Gasteiger partial charge >= 0.3 is 5.97 Å². The molecular weight excluding hydrogens is 242 g/mol. The molecule has 1 aliphatic heterocycles. The van der Waals surface area contributed by atoms with E-state index in [-0.39, 0.29) is 5.56 Å². The number of carboxylic acid groups (broad SMARTS) is 1. The maximum absolute atomic E-state index is 11.0. The number of carboxylic acids is 1. The van der Waals surface area contributed by atoms with Crippen LogP contribution in [0, 0.1) is 6.92 Å². The minimum Gasteiger partial charge on any atom is -0.478 e. The second kappa shape index (κ2) is 4.57. The maximum atomic E-state index is 11.0. The van der Waals surface area contributed by atoms with Crippen molar-refractivity contribution in [3.05, 3.63) is 29.6 Å². The first-order valence-electron chi connectivity index (χ1n) is 6.64. The van der Waals surface area contributed by atoms with Crippen molar-refractivity contribution in [1.29, 1.82) is 0 Å². The van der Waals surface area contributed by atoms with Crippen molar-refractivity contribution in [2.45, 2.75) is 26.2 Å². The minimum absolute atomic E-state index is 0.288. The maximum Gasteiger partial charge on any atom is 0.335 e. The predicted molar refractivity (Wildman–Crippen MR) is 73.2 cm³/mol. The average molecular weight is 259 g/mol. The molecule has 0 unspecified atom stereocenters. The van der Waals surface area contributed by atoms with E-state index in [9.17, 15) is 4.79 Å². The Morgan fingerprint density at radius 1 is 1.26 bits per heavy atom.